The Labute approximate surface area is 101 Å². The van der Waals surface area contributed by atoms with Crippen molar-refractivity contribution in [3.05, 3.63) is 32.3 Å². The second kappa shape index (κ2) is 5.29. The molecule has 1 aromatic heterocycles. The molecule has 0 atom stereocenters. The van der Waals surface area contributed by atoms with Gasteiger partial charge in [-0.15, -0.1) is 0 Å². The van der Waals surface area contributed by atoms with Gasteiger partial charge >= 0.3 is 5.97 Å². The molecule has 15 heavy (non-hydrogen) atoms. The normalized spacial score (nSPS) is 10.4. The zero-order chi connectivity index (χ0) is 11.4. The summed E-state index contributed by atoms with van der Waals surface area (Å²) >= 11 is 2.05. The van der Waals surface area contributed by atoms with Crippen molar-refractivity contribution in [3.63, 3.8) is 0 Å². The summed E-state index contributed by atoms with van der Waals surface area (Å²) in [7, 11) is 0. The Kier molecular flexibility index (Phi) is 4.31. The summed E-state index contributed by atoms with van der Waals surface area (Å²) in [5.41, 5.74) is -0.192. The van der Waals surface area contributed by atoms with Crippen molar-refractivity contribution in [3.8, 4) is 0 Å². The molecule has 82 valence electrons. The van der Waals surface area contributed by atoms with Crippen LogP contribution in [-0.2, 0) is 16.1 Å². The van der Waals surface area contributed by atoms with E-state index in [-0.39, 0.29) is 18.2 Å². The summed E-state index contributed by atoms with van der Waals surface area (Å²) in [6, 6.07) is 3.24. The van der Waals surface area contributed by atoms with Crippen LogP contribution in [0.4, 0.5) is 0 Å². The van der Waals surface area contributed by atoms with Gasteiger partial charge in [-0.2, -0.15) is 0 Å². The summed E-state index contributed by atoms with van der Waals surface area (Å²) in [6.07, 6.45) is 1.43. The van der Waals surface area contributed by atoms with E-state index in [9.17, 15) is 9.59 Å². The smallest absolute Gasteiger partial charge is 0.326 e. The maximum atomic E-state index is 11.4. The molecule has 0 bridgehead atoms. The lowest BCUT2D eigenvalue weighted by atomic mass is 10.4. The van der Waals surface area contributed by atoms with E-state index in [2.05, 4.69) is 0 Å². The van der Waals surface area contributed by atoms with Gasteiger partial charge in [-0.3, -0.25) is 9.59 Å². The summed E-state index contributed by atoms with van der Waals surface area (Å²) in [5.74, 6) is -0.395. The molecule has 0 amide bonds. The van der Waals surface area contributed by atoms with Crippen LogP contribution in [0.3, 0.4) is 0 Å². The van der Waals surface area contributed by atoms with E-state index in [0.29, 0.717) is 0 Å². The number of carbonyl (C=O) groups is 1. The van der Waals surface area contributed by atoms with Crippen LogP contribution in [-0.4, -0.2) is 16.6 Å². The molecule has 0 unspecified atom stereocenters. The number of esters is 1. The van der Waals surface area contributed by atoms with Crippen LogP contribution >= 0.6 is 22.6 Å². The average molecular weight is 321 g/mol. The fourth-order valence-corrected chi connectivity index (χ4v) is 1.48. The molecule has 0 aliphatic carbocycles. The van der Waals surface area contributed by atoms with Crippen molar-refractivity contribution in [2.45, 2.75) is 26.5 Å². The Hall–Kier alpha value is -0.850. The van der Waals surface area contributed by atoms with Crippen LogP contribution in [0.15, 0.2) is 23.1 Å². The van der Waals surface area contributed by atoms with E-state index in [0.717, 1.165) is 3.57 Å². The number of aromatic nitrogens is 1. The second-order valence-corrected chi connectivity index (χ2v) is 4.60. The number of hydrogen-bond acceptors (Lipinski definition) is 3. The molecule has 1 heterocycles. The summed E-state index contributed by atoms with van der Waals surface area (Å²) in [6.45, 7) is 3.51. The summed E-state index contributed by atoms with van der Waals surface area (Å²) in [5, 5.41) is 0. The fourth-order valence-electron chi connectivity index (χ4n) is 1.05. The van der Waals surface area contributed by atoms with Crippen molar-refractivity contribution < 1.29 is 9.53 Å². The predicted molar refractivity (Wildman–Crippen MR) is 64.6 cm³/mol. The van der Waals surface area contributed by atoms with Crippen LogP contribution < -0.4 is 5.56 Å². The van der Waals surface area contributed by atoms with E-state index >= 15 is 0 Å². The number of ether oxygens (including phenoxy) is 1. The maximum absolute atomic E-state index is 11.4. The van der Waals surface area contributed by atoms with Crippen LogP contribution in [0.1, 0.15) is 13.8 Å². The van der Waals surface area contributed by atoms with Gasteiger partial charge in [0.05, 0.1) is 6.10 Å². The molecule has 0 radical (unpaired) electrons. The first-order valence-electron chi connectivity index (χ1n) is 4.54. The van der Waals surface area contributed by atoms with Crippen molar-refractivity contribution in [2.24, 2.45) is 0 Å². The van der Waals surface area contributed by atoms with Crippen LogP contribution in [0, 0.1) is 3.57 Å². The van der Waals surface area contributed by atoms with Gasteiger partial charge in [-0.1, -0.05) is 0 Å². The van der Waals surface area contributed by atoms with Gasteiger partial charge in [-0.25, -0.2) is 0 Å². The molecule has 5 heteroatoms. The minimum Gasteiger partial charge on any atom is -0.462 e. The van der Waals surface area contributed by atoms with E-state index < -0.39 is 5.97 Å². The number of nitrogens with zero attached hydrogens (tertiary/aromatic N) is 1. The molecule has 0 fully saturated rings. The third-order valence-corrected chi connectivity index (χ3v) is 2.30. The minimum absolute atomic E-state index is 0.0338. The third-order valence-electron chi connectivity index (χ3n) is 1.62. The van der Waals surface area contributed by atoms with Gasteiger partial charge in [0.15, 0.2) is 0 Å². The highest BCUT2D eigenvalue weighted by Crippen LogP contribution is 1.99. The quantitative estimate of drug-likeness (QED) is 0.625. The molecule has 0 aromatic carbocycles. The van der Waals surface area contributed by atoms with E-state index in [4.69, 9.17) is 4.74 Å². The number of carbonyl (C=O) groups excluding carboxylic acids is 1. The van der Waals surface area contributed by atoms with Crippen LogP contribution in [0.2, 0.25) is 0 Å². The molecule has 0 N–H and O–H groups in total. The van der Waals surface area contributed by atoms with Gasteiger partial charge in [0.25, 0.3) is 5.56 Å². The monoisotopic (exact) mass is 321 g/mol. The molecular weight excluding hydrogens is 309 g/mol. The molecule has 4 nitrogen and oxygen atoms in total. The zero-order valence-electron chi connectivity index (χ0n) is 8.57. The predicted octanol–water partition coefficient (Wildman–Crippen LogP) is 1.40. The molecule has 0 saturated heterocycles. The van der Waals surface area contributed by atoms with Crippen molar-refractivity contribution in [1.82, 2.24) is 4.57 Å². The Bertz CT molecular complexity index is 411. The van der Waals surface area contributed by atoms with E-state index in [1.165, 1.54) is 10.6 Å². The first-order chi connectivity index (χ1) is 6.99. The van der Waals surface area contributed by atoms with Gasteiger partial charge in [0.2, 0.25) is 0 Å². The number of halogens is 1. The third kappa shape index (κ3) is 4.03. The van der Waals surface area contributed by atoms with Gasteiger partial charge in [0, 0.05) is 15.8 Å². The Balaban J connectivity index is 2.73. The van der Waals surface area contributed by atoms with Gasteiger partial charge in [0.1, 0.15) is 6.54 Å². The Morgan fingerprint density at radius 2 is 2.27 bits per heavy atom. The van der Waals surface area contributed by atoms with Crippen LogP contribution in [0.25, 0.3) is 0 Å². The second-order valence-electron chi connectivity index (χ2n) is 3.35. The molecule has 1 rings (SSSR count). The number of hydrogen-bond donors (Lipinski definition) is 0. The van der Waals surface area contributed by atoms with E-state index in [1.807, 2.05) is 22.6 Å². The largest absolute Gasteiger partial charge is 0.462 e. The van der Waals surface area contributed by atoms with Crippen molar-refractivity contribution in [2.75, 3.05) is 0 Å². The Morgan fingerprint density at radius 3 is 2.80 bits per heavy atom. The minimum atomic E-state index is -0.395. The molecule has 0 aliphatic rings. The average Bonchev–Trinajstić information content (AvgIpc) is 2.08. The van der Waals surface area contributed by atoms with Gasteiger partial charge < -0.3 is 9.30 Å². The highest BCUT2D eigenvalue weighted by molar-refractivity contribution is 14.1. The first-order valence-corrected chi connectivity index (χ1v) is 5.62. The summed E-state index contributed by atoms with van der Waals surface area (Å²) in [4.78, 5) is 22.7. The molecule has 0 spiro atoms. The standard InChI is InChI=1S/C10H12INO3/c1-7(2)15-10(14)6-12-4-3-8(11)5-9(12)13/h3-5,7H,6H2,1-2H3. The number of pyridine rings is 1. The summed E-state index contributed by atoms with van der Waals surface area (Å²) < 4.78 is 7.12. The van der Waals surface area contributed by atoms with Crippen LogP contribution in [0.5, 0.6) is 0 Å². The Morgan fingerprint density at radius 1 is 1.60 bits per heavy atom. The lowest BCUT2D eigenvalue weighted by molar-refractivity contribution is -0.148. The zero-order valence-corrected chi connectivity index (χ0v) is 10.7. The number of rotatable bonds is 3. The molecular formula is C10H12INO3. The SMILES string of the molecule is CC(C)OC(=O)Cn1ccc(I)cc1=O. The van der Waals surface area contributed by atoms with Crippen molar-refractivity contribution >= 4 is 28.6 Å². The lowest BCUT2D eigenvalue weighted by Crippen LogP contribution is -2.25. The first kappa shape index (κ1) is 12.2. The fraction of sp³-hybridized carbons (Fsp3) is 0.400. The van der Waals surface area contributed by atoms with E-state index in [1.54, 1.807) is 26.1 Å². The topological polar surface area (TPSA) is 48.3 Å². The highest BCUT2D eigenvalue weighted by Gasteiger charge is 2.07. The van der Waals surface area contributed by atoms with Crippen molar-refractivity contribution in [1.29, 1.82) is 0 Å². The van der Waals surface area contributed by atoms with Gasteiger partial charge in [-0.05, 0) is 42.5 Å². The lowest BCUT2D eigenvalue weighted by Gasteiger charge is -2.09. The highest BCUT2D eigenvalue weighted by atomic mass is 127. The molecule has 0 saturated carbocycles. The molecule has 0 aliphatic heterocycles. The maximum Gasteiger partial charge on any atom is 0.326 e. The molecule has 1 aromatic rings.